The molecule has 1 atom stereocenters. The van der Waals surface area contributed by atoms with Gasteiger partial charge in [0.05, 0.1) is 6.10 Å². The third-order valence-corrected chi connectivity index (χ3v) is 0.841. The Morgan fingerprint density at radius 1 is 1.36 bits per heavy atom. The highest BCUT2D eigenvalue weighted by Gasteiger charge is 1.84. The predicted octanol–water partition coefficient (Wildman–Crippen LogP) is 1.50. The molecule has 0 fully saturated rings. The van der Waals surface area contributed by atoms with E-state index in [-0.39, 0.29) is 12.7 Å². The second kappa shape index (κ2) is 12.1. The number of hydrogen-bond donors (Lipinski definition) is 2. The van der Waals surface area contributed by atoms with Crippen LogP contribution in [0.3, 0.4) is 0 Å². The highest BCUT2D eigenvalue weighted by atomic mass is 16.3. The zero-order valence-electron chi connectivity index (χ0n) is 7.16. The van der Waals surface area contributed by atoms with Crippen LogP contribution in [0.4, 0.5) is 0 Å². The lowest BCUT2D eigenvalue weighted by Crippen LogP contribution is -1.94. The zero-order chi connectivity index (χ0) is 9.11. The maximum absolute atomic E-state index is 8.48. The third-order valence-electron chi connectivity index (χ3n) is 0.841. The average Bonchev–Trinajstić information content (AvgIpc) is 1.90. The van der Waals surface area contributed by atoms with Crippen molar-refractivity contribution in [2.45, 2.75) is 25.9 Å². The lowest BCUT2D eigenvalue weighted by molar-refractivity contribution is 0.198. The largest absolute Gasteiger partial charge is 0.396 e. The second-order valence-electron chi connectivity index (χ2n) is 2.17. The minimum absolute atomic E-state index is 0.220. The SMILES string of the molecule is C=CCC(C)O.C=CCCO. The Bertz CT molecular complexity index is 87.6. The summed E-state index contributed by atoms with van der Waals surface area (Å²) in [5.41, 5.74) is 0. The van der Waals surface area contributed by atoms with Crippen molar-refractivity contribution < 1.29 is 10.2 Å². The molecule has 0 aromatic carbocycles. The minimum atomic E-state index is -0.220. The molecule has 0 aliphatic heterocycles. The van der Waals surface area contributed by atoms with E-state index in [0.717, 1.165) is 0 Å². The van der Waals surface area contributed by atoms with Crippen LogP contribution in [0.5, 0.6) is 0 Å². The van der Waals surface area contributed by atoms with E-state index in [1.165, 1.54) is 0 Å². The van der Waals surface area contributed by atoms with Crippen LogP contribution in [0.25, 0.3) is 0 Å². The maximum Gasteiger partial charge on any atom is 0.0546 e. The van der Waals surface area contributed by atoms with E-state index < -0.39 is 0 Å². The van der Waals surface area contributed by atoms with Crippen LogP contribution < -0.4 is 0 Å². The molecule has 0 saturated carbocycles. The Morgan fingerprint density at radius 2 is 1.91 bits per heavy atom. The smallest absolute Gasteiger partial charge is 0.0546 e. The topological polar surface area (TPSA) is 40.5 Å². The van der Waals surface area contributed by atoms with Crippen LogP contribution in [0.2, 0.25) is 0 Å². The Labute approximate surface area is 68.9 Å². The molecule has 0 heterocycles. The Hall–Kier alpha value is -0.600. The predicted molar refractivity (Wildman–Crippen MR) is 48.4 cm³/mol. The van der Waals surface area contributed by atoms with E-state index in [0.29, 0.717) is 12.8 Å². The van der Waals surface area contributed by atoms with Crippen LogP contribution in [0.1, 0.15) is 19.8 Å². The Balaban J connectivity index is 0. The van der Waals surface area contributed by atoms with Gasteiger partial charge in [-0.25, -0.2) is 0 Å². The highest BCUT2D eigenvalue weighted by Crippen LogP contribution is 1.85. The molecule has 0 spiro atoms. The molecule has 0 saturated heterocycles. The van der Waals surface area contributed by atoms with Crippen LogP contribution in [0.15, 0.2) is 25.3 Å². The first-order valence-electron chi connectivity index (χ1n) is 3.69. The molecule has 11 heavy (non-hydrogen) atoms. The number of aliphatic hydroxyl groups is 2. The lowest BCUT2D eigenvalue weighted by atomic mass is 10.3. The standard InChI is InChI=1S/C5H10O.C4H8O/c1-3-4-5(2)6;1-2-3-4-5/h3,5-6H,1,4H2,2H3;2,5H,1,3-4H2. The summed E-state index contributed by atoms with van der Waals surface area (Å²) in [6.07, 6.45) is 4.56. The van der Waals surface area contributed by atoms with Gasteiger partial charge in [0, 0.05) is 6.61 Å². The van der Waals surface area contributed by atoms with Crippen molar-refractivity contribution in [1.29, 1.82) is 0 Å². The molecule has 0 aliphatic rings. The zero-order valence-corrected chi connectivity index (χ0v) is 7.16. The molecule has 2 heteroatoms. The molecule has 1 unspecified atom stereocenters. The van der Waals surface area contributed by atoms with E-state index >= 15 is 0 Å². The molecule has 66 valence electrons. The maximum atomic E-state index is 8.48. The van der Waals surface area contributed by atoms with E-state index in [4.69, 9.17) is 10.2 Å². The van der Waals surface area contributed by atoms with Crippen molar-refractivity contribution in [3.8, 4) is 0 Å². The molecule has 0 aromatic rings. The number of aliphatic hydroxyl groups excluding tert-OH is 2. The molecular weight excluding hydrogens is 140 g/mol. The van der Waals surface area contributed by atoms with Crippen LogP contribution in [-0.2, 0) is 0 Å². The lowest BCUT2D eigenvalue weighted by Gasteiger charge is -1.92. The van der Waals surface area contributed by atoms with Crippen molar-refractivity contribution in [3.63, 3.8) is 0 Å². The van der Waals surface area contributed by atoms with Gasteiger partial charge < -0.3 is 10.2 Å². The van der Waals surface area contributed by atoms with Crippen LogP contribution >= 0.6 is 0 Å². The Kier molecular flexibility index (Phi) is 14.3. The van der Waals surface area contributed by atoms with E-state index in [9.17, 15) is 0 Å². The van der Waals surface area contributed by atoms with Crippen molar-refractivity contribution in [2.75, 3.05) is 6.61 Å². The fraction of sp³-hybridized carbons (Fsp3) is 0.556. The normalized spacial score (nSPS) is 10.8. The van der Waals surface area contributed by atoms with Gasteiger partial charge in [0.25, 0.3) is 0 Å². The summed E-state index contributed by atoms with van der Waals surface area (Å²) in [4.78, 5) is 0. The summed E-state index contributed by atoms with van der Waals surface area (Å²) in [6.45, 7) is 8.79. The van der Waals surface area contributed by atoms with Gasteiger partial charge in [-0.05, 0) is 19.8 Å². The fourth-order valence-electron chi connectivity index (χ4n) is 0.332. The van der Waals surface area contributed by atoms with E-state index in [1.807, 2.05) is 0 Å². The summed E-state index contributed by atoms with van der Waals surface area (Å²) in [7, 11) is 0. The molecule has 2 nitrogen and oxygen atoms in total. The fourth-order valence-corrected chi connectivity index (χ4v) is 0.332. The Morgan fingerprint density at radius 3 is 1.91 bits per heavy atom. The molecule has 0 radical (unpaired) electrons. The van der Waals surface area contributed by atoms with Crippen LogP contribution in [0, 0.1) is 0 Å². The molecule has 0 aliphatic carbocycles. The minimum Gasteiger partial charge on any atom is -0.396 e. The second-order valence-corrected chi connectivity index (χ2v) is 2.17. The third kappa shape index (κ3) is 26.6. The van der Waals surface area contributed by atoms with Gasteiger partial charge in [-0.2, -0.15) is 0 Å². The van der Waals surface area contributed by atoms with Crippen molar-refractivity contribution in [1.82, 2.24) is 0 Å². The van der Waals surface area contributed by atoms with Crippen LogP contribution in [-0.4, -0.2) is 22.9 Å². The summed E-state index contributed by atoms with van der Waals surface area (Å²) >= 11 is 0. The van der Waals surface area contributed by atoms with Gasteiger partial charge in [-0.1, -0.05) is 12.2 Å². The first kappa shape index (κ1) is 13.0. The molecule has 0 amide bonds. The number of hydrogen-bond acceptors (Lipinski definition) is 2. The summed E-state index contributed by atoms with van der Waals surface area (Å²) < 4.78 is 0. The van der Waals surface area contributed by atoms with Gasteiger partial charge in [-0.15, -0.1) is 13.2 Å². The summed E-state index contributed by atoms with van der Waals surface area (Å²) in [6, 6.07) is 0. The number of rotatable bonds is 4. The highest BCUT2D eigenvalue weighted by molar-refractivity contribution is 4.68. The first-order chi connectivity index (χ1) is 5.18. The quantitative estimate of drug-likeness (QED) is 0.609. The van der Waals surface area contributed by atoms with E-state index in [2.05, 4.69) is 13.2 Å². The van der Waals surface area contributed by atoms with E-state index in [1.54, 1.807) is 19.1 Å². The van der Waals surface area contributed by atoms with Gasteiger partial charge >= 0.3 is 0 Å². The molecular formula is C9H18O2. The molecule has 0 rings (SSSR count). The first-order valence-corrected chi connectivity index (χ1v) is 3.69. The van der Waals surface area contributed by atoms with Crippen molar-refractivity contribution in [3.05, 3.63) is 25.3 Å². The molecule has 0 aromatic heterocycles. The van der Waals surface area contributed by atoms with Gasteiger partial charge in [-0.3, -0.25) is 0 Å². The van der Waals surface area contributed by atoms with Gasteiger partial charge in [0.2, 0.25) is 0 Å². The van der Waals surface area contributed by atoms with Crippen molar-refractivity contribution >= 4 is 0 Å². The monoisotopic (exact) mass is 158 g/mol. The molecule has 2 N–H and O–H groups in total. The van der Waals surface area contributed by atoms with Gasteiger partial charge in [0.1, 0.15) is 0 Å². The average molecular weight is 158 g/mol. The summed E-state index contributed by atoms with van der Waals surface area (Å²) in [5, 5.41) is 16.5. The van der Waals surface area contributed by atoms with Crippen molar-refractivity contribution in [2.24, 2.45) is 0 Å². The summed E-state index contributed by atoms with van der Waals surface area (Å²) in [5.74, 6) is 0. The molecule has 0 bridgehead atoms. The van der Waals surface area contributed by atoms with Gasteiger partial charge in [0.15, 0.2) is 0 Å².